The first-order chi connectivity index (χ1) is 10.2. The van der Waals surface area contributed by atoms with E-state index in [9.17, 15) is 9.59 Å². The van der Waals surface area contributed by atoms with Crippen molar-refractivity contribution in [2.75, 3.05) is 6.54 Å². The quantitative estimate of drug-likeness (QED) is 0.809. The first kappa shape index (κ1) is 13.8. The molecule has 3 nitrogen and oxygen atoms in total. The molecule has 0 saturated carbocycles. The van der Waals surface area contributed by atoms with E-state index in [0.29, 0.717) is 22.7 Å². The van der Waals surface area contributed by atoms with Crippen molar-refractivity contribution in [3.8, 4) is 0 Å². The summed E-state index contributed by atoms with van der Waals surface area (Å²) in [4.78, 5) is 25.7. The fourth-order valence-corrected chi connectivity index (χ4v) is 2.66. The van der Waals surface area contributed by atoms with Gasteiger partial charge in [0.05, 0.1) is 11.1 Å². The summed E-state index contributed by atoms with van der Waals surface area (Å²) in [7, 11) is 0. The van der Waals surface area contributed by atoms with E-state index >= 15 is 0 Å². The van der Waals surface area contributed by atoms with E-state index in [-0.39, 0.29) is 11.8 Å². The summed E-state index contributed by atoms with van der Waals surface area (Å²) in [5.41, 5.74) is 2.17. The van der Waals surface area contributed by atoms with Gasteiger partial charge >= 0.3 is 0 Å². The molecule has 0 saturated heterocycles. The number of rotatable bonds is 4. The Kier molecular flexibility index (Phi) is 3.76. The highest BCUT2D eigenvalue weighted by molar-refractivity contribution is 6.30. The molecule has 3 rings (SSSR count). The minimum atomic E-state index is -0.188. The van der Waals surface area contributed by atoms with Crippen molar-refractivity contribution in [2.24, 2.45) is 0 Å². The van der Waals surface area contributed by atoms with Crippen molar-refractivity contribution in [1.82, 2.24) is 4.90 Å². The SMILES string of the molecule is O=C1c2ccccc2C(=O)N1CCCc1ccc(Cl)cc1. The van der Waals surface area contributed by atoms with E-state index in [0.717, 1.165) is 18.4 Å². The lowest BCUT2D eigenvalue weighted by Crippen LogP contribution is -2.30. The van der Waals surface area contributed by atoms with Crippen molar-refractivity contribution < 1.29 is 9.59 Å². The number of carbonyl (C=O) groups excluding carboxylic acids is 2. The lowest BCUT2D eigenvalue weighted by molar-refractivity contribution is 0.0652. The van der Waals surface area contributed by atoms with Crippen LogP contribution < -0.4 is 0 Å². The van der Waals surface area contributed by atoms with Crippen molar-refractivity contribution >= 4 is 23.4 Å². The van der Waals surface area contributed by atoms with Crippen LogP contribution in [0, 0.1) is 0 Å². The van der Waals surface area contributed by atoms with Gasteiger partial charge in [-0.3, -0.25) is 14.5 Å². The lowest BCUT2D eigenvalue weighted by atomic mass is 10.1. The van der Waals surface area contributed by atoms with Gasteiger partial charge in [0.1, 0.15) is 0 Å². The number of imide groups is 1. The Bertz CT molecular complexity index is 659. The average molecular weight is 300 g/mol. The van der Waals surface area contributed by atoms with E-state index in [1.807, 2.05) is 24.3 Å². The second-order valence-electron chi connectivity index (χ2n) is 5.04. The summed E-state index contributed by atoms with van der Waals surface area (Å²) in [6.45, 7) is 0.439. The van der Waals surface area contributed by atoms with Gasteiger partial charge in [-0.05, 0) is 42.7 Å². The summed E-state index contributed by atoms with van der Waals surface area (Å²) >= 11 is 5.84. The maximum Gasteiger partial charge on any atom is 0.261 e. The van der Waals surface area contributed by atoms with E-state index in [1.54, 1.807) is 24.3 Å². The molecule has 0 radical (unpaired) electrons. The zero-order valence-electron chi connectivity index (χ0n) is 11.4. The van der Waals surface area contributed by atoms with Crippen molar-refractivity contribution in [3.05, 3.63) is 70.2 Å². The Hall–Kier alpha value is -2.13. The van der Waals surface area contributed by atoms with E-state index in [1.165, 1.54) is 4.90 Å². The monoisotopic (exact) mass is 299 g/mol. The number of hydrogen-bond acceptors (Lipinski definition) is 2. The van der Waals surface area contributed by atoms with Gasteiger partial charge in [0.2, 0.25) is 0 Å². The molecule has 0 unspecified atom stereocenters. The topological polar surface area (TPSA) is 37.4 Å². The highest BCUT2D eigenvalue weighted by Crippen LogP contribution is 2.22. The first-order valence-corrected chi connectivity index (χ1v) is 7.24. The molecule has 0 aliphatic carbocycles. The maximum absolute atomic E-state index is 12.2. The Morgan fingerprint density at radius 2 is 1.43 bits per heavy atom. The van der Waals surface area contributed by atoms with Crippen LogP contribution in [0.2, 0.25) is 5.02 Å². The number of hydrogen-bond donors (Lipinski definition) is 0. The summed E-state index contributed by atoms with van der Waals surface area (Å²) in [6.07, 6.45) is 1.55. The minimum absolute atomic E-state index is 0.188. The number of halogens is 1. The van der Waals surface area contributed by atoms with Gasteiger partial charge in [-0.25, -0.2) is 0 Å². The molecule has 21 heavy (non-hydrogen) atoms. The largest absolute Gasteiger partial charge is 0.274 e. The standard InChI is InChI=1S/C17H14ClNO2/c18-13-9-7-12(8-10-13)4-3-11-19-16(20)14-5-1-2-6-15(14)17(19)21/h1-2,5-10H,3-4,11H2. The molecule has 2 aromatic carbocycles. The fraction of sp³-hybridized carbons (Fsp3) is 0.176. The minimum Gasteiger partial charge on any atom is -0.274 e. The normalized spacial score (nSPS) is 13.7. The molecular formula is C17H14ClNO2. The molecule has 2 amide bonds. The molecule has 0 N–H and O–H groups in total. The van der Waals surface area contributed by atoms with Crippen LogP contribution >= 0.6 is 11.6 Å². The van der Waals surface area contributed by atoms with E-state index in [2.05, 4.69) is 0 Å². The number of carbonyl (C=O) groups is 2. The molecule has 1 heterocycles. The molecule has 1 aliphatic rings. The molecule has 0 aromatic heterocycles. The zero-order chi connectivity index (χ0) is 14.8. The third-order valence-corrected chi connectivity index (χ3v) is 3.89. The smallest absolute Gasteiger partial charge is 0.261 e. The van der Waals surface area contributed by atoms with Crippen LogP contribution in [0.1, 0.15) is 32.7 Å². The van der Waals surface area contributed by atoms with Gasteiger partial charge in [-0.1, -0.05) is 35.9 Å². The Morgan fingerprint density at radius 1 is 0.857 bits per heavy atom. The second-order valence-corrected chi connectivity index (χ2v) is 5.47. The Balaban J connectivity index is 1.63. The van der Waals surface area contributed by atoms with Crippen LogP contribution in [0.4, 0.5) is 0 Å². The van der Waals surface area contributed by atoms with Crippen molar-refractivity contribution in [1.29, 1.82) is 0 Å². The zero-order valence-corrected chi connectivity index (χ0v) is 12.1. The molecule has 0 spiro atoms. The first-order valence-electron chi connectivity index (χ1n) is 6.86. The van der Waals surface area contributed by atoms with Crippen LogP contribution in [-0.2, 0) is 6.42 Å². The summed E-state index contributed by atoms with van der Waals surface area (Å²) in [6, 6.07) is 14.6. The highest BCUT2D eigenvalue weighted by atomic mass is 35.5. The fourth-order valence-electron chi connectivity index (χ4n) is 2.53. The van der Waals surface area contributed by atoms with Crippen LogP contribution in [0.15, 0.2) is 48.5 Å². The van der Waals surface area contributed by atoms with E-state index in [4.69, 9.17) is 11.6 Å². The summed E-state index contributed by atoms with van der Waals surface area (Å²) in [5.74, 6) is -0.376. The summed E-state index contributed by atoms with van der Waals surface area (Å²) in [5, 5.41) is 0.707. The second kappa shape index (κ2) is 5.70. The molecule has 0 bridgehead atoms. The lowest BCUT2D eigenvalue weighted by Gasteiger charge is -2.13. The van der Waals surface area contributed by atoms with Gasteiger partial charge in [-0.15, -0.1) is 0 Å². The highest BCUT2D eigenvalue weighted by Gasteiger charge is 2.34. The summed E-state index contributed by atoms with van der Waals surface area (Å²) < 4.78 is 0. The van der Waals surface area contributed by atoms with Gasteiger partial charge in [0.25, 0.3) is 11.8 Å². The predicted octanol–water partition coefficient (Wildman–Crippen LogP) is 3.57. The molecule has 106 valence electrons. The van der Waals surface area contributed by atoms with Crippen LogP contribution in [0.5, 0.6) is 0 Å². The molecule has 0 atom stereocenters. The molecular weight excluding hydrogens is 286 g/mol. The average Bonchev–Trinajstić information content (AvgIpc) is 2.75. The number of aryl methyl sites for hydroxylation is 1. The molecule has 2 aromatic rings. The number of fused-ring (bicyclic) bond motifs is 1. The third kappa shape index (κ3) is 2.69. The molecule has 1 aliphatic heterocycles. The number of benzene rings is 2. The number of nitrogens with zero attached hydrogens (tertiary/aromatic N) is 1. The molecule has 0 fully saturated rings. The van der Waals surface area contributed by atoms with Gasteiger partial charge < -0.3 is 0 Å². The maximum atomic E-state index is 12.2. The van der Waals surface area contributed by atoms with Gasteiger partial charge in [0, 0.05) is 11.6 Å². The Morgan fingerprint density at radius 3 is 2.00 bits per heavy atom. The van der Waals surface area contributed by atoms with Crippen molar-refractivity contribution in [3.63, 3.8) is 0 Å². The van der Waals surface area contributed by atoms with Gasteiger partial charge in [0.15, 0.2) is 0 Å². The van der Waals surface area contributed by atoms with Crippen LogP contribution in [0.3, 0.4) is 0 Å². The third-order valence-electron chi connectivity index (χ3n) is 3.64. The number of amides is 2. The Labute approximate surface area is 128 Å². The van der Waals surface area contributed by atoms with Crippen LogP contribution in [-0.4, -0.2) is 23.3 Å². The van der Waals surface area contributed by atoms with Gasteiger partial charge in [-0.2, -0.15) is 0 Å². The molecule has 4 heteroatoms. The van der Waals surface area contributed by atoms with E-state index < -0.39 is 0 Å². The van der Waals surface area contributed by atoms with Crippen molar-refractivity contribution in [2.45, 2.75) is 12.8 Å². The van der Waals surface area contributed by atoms with Crippen LogP contribution in [0.25, 0.3) is 0 Å². The predicted molar refractivity (Wildman–Crippen MR) is 81.6 cm³/mol.